The highest BCUT2D eigenvalue weighted by Gasteiger charge is 2.33. The van der Waals surface area contributed by atoms with Gasteiger partial charge in [0.2, 0.25) is 0 Å². The van der Waals surface area contributed by atoms with E-state index in [9.17, 15) is 0 Å². The summed E-state index contributed by atoms with van der Waals surface area (Å²) in [5, 5.41) is 3.57. The third kappa shape index (κ3) is 2.27. The Kier molecular flexibility index (Phi) is 3.46. The number of nitrogens with one attached hydrogen (secondary N) is 1. The fourth-order valence-electron chi connectivity index (χ4n) is 3.41. The van der Waals surface area contributed by atoms with Crippen molar-refractivity contribution in [2.75, 3.05) is 39.3 Å². The number of hydrogen-bond donors (Lipinski definition) is 1. The van der Waals surface area contributed by atoms with Crippen molar-refractivity contribution in [3.05, 3.63) is 0 Å². The Hall–Kier alpha value is -0.120. The molecular formula is C13H25N3. The Labute approximate surface area is 99.2 Å². The third-order valence-electron chi connectivity index (χ3n) is 4.61. The van der Waals surface area contributed by atoms with Crippen molar-refractivity contribution in [3.8, 4) is 0 Å². The summed E-state index contributed by atoms with van der Waals surface area (Å²) in [6, 6.07) is 1.71. The zero-order chi connectivity index (χ0) is 10.8. The lowest BCUT2D eigenvalue weighted by Crippen LogP contribution is -2.59. The predicted octanol–water partition coefficient (Wildman–Crippen LogP) is 0.908. The van der Waals surface area contributed by atoms with Crippen molar-refractivity contribution < 1.29 is 0 Å². The fraction of sp³-hybridized carbons (Fsp3) is 1.00. The van der Waals surface area contributed by atoms with Gasteiger partial charge in [-0.1, -0.05) is 6.42 Å². The van der Waals surface area contributed by atoms with E-state index in [-0.39, 0.29) is 0 Å². The van der Waals surface area contributed by atoms with Gasteiger partial charge in [-0.15, -0.1) is 0 Å². The van der Waals surface area contributed by atoms with E-state index in [1.54, 1.807) is 0 Å². The Balaban J connectivity index is 1.56. The van der Waals surface area contributed by atoms with Crippen molar-refractivity contribution >= 4 is 0 Å². The van der Waals surface area contributed by atoms with Crippen LogP contribution < -0.4 is 5.32 Å². The van der Waals surface area contributed by atoms with Gasteiger partial charge in [0.15, 0.2) is 0 Å². The highest BCUT2D eigenvalue weighted by Crippen LogP contribution is 2.27. The third-order valence-corrected chi connectivity index (χ3v) is 4.61. The molecule has 0 aromatic carbocycles. The van der Waals surface area contributed by atoms with Gasteiger partial charge in [-0.2, -0.15) is 0 Å². The maximum atomic E-state index is 3.57. The van der Waals surface area contributed by atoms with E-state index < -0.39 is 0 Å². The number of nitrogens with zero attached hydrogens (tertiary/aromatic N) is 2. The van der Waals surface area contributed by atoms with Crippen LogP contribution in [0.25, 0.3) is 0 Å². The van der Waals surface area contributed by atoms with E-state index in [1.165, 1.54) is 71.4 Å². The molecule has 2 heterocycles. The van der Waals surface area contributed by atoms with Gasteiger partial charge in [0.1, 0.15) is 0 Å². The van der Waals surface area contributed by atoms with Crippen molar-refractivity contribution in [3.63, 3.8) is 0 Å². The Morgan fingerprint density at radius 3 is 2.50 bits per heavy atom. The van der Waals surface area contributed by atoms with Crippen LogP contribution in [0.15, 0.2) is 0 Å². The molecule has 0 aromatic rings. The van der Waals surface area contributed by atoms with Gasteiger partial charge in [-0.05, 0) is 38.8 Å². The van der Waals surface area contributed by atoms with Crippen LogP contribution in [0.1, 0.15) is 32.1 Å². The molecule has 1 unspecified atom stereocenters. The summed E-state index contributed by atoms with van der Waals surface area (Å²) < 4.78 is 0. The van der Waals surface area contributed by atoms with E-state index in [0.29, 0.717) is 0 Å². The minimum atomic E-state index is 0.789. The second-order valence-electron chi connectivity index (χ2n) is 5.69. The van der Waals surface area contributed by atoms with Gasteiger partial charge in [-0.25, -0.2) is 0 Å². The zero-order valence-electron chi connectivity index (χ0n) is 10.3. The molecule has 0 spiro atoms. The first-order valence-corrected chi connectivity index (χ1v) is 7.12. The van der Waals surface area contributed by atoms with E-state index in [1.807, 2.05) is 0 Å². The number of likely N-dealkylation sites (tertiary alicyclic amines) is 1. The molecule has 3 fully saturated rings. The predicted molar refractivity (Wildman–Crippen MR) is 66.7 cm³/mol. The summed E-state index contributed by atoms with van der Waals surface area (Å²) in [4.78, 5) is 5.47. The highest BCUT2D eigenvalue weighted by atomic mass is 15.3. The Morgan fingerprint density at radius 2 is 1.81 bits per heavy atom. The van der Waals surface area contributed by atoms with Crippen LogP contribution in [0.5, 0.6) is 0 Å². The summed E-state index contributed by atoms with van der Waals surface area (Å²) >= 11 is 0. The average Bonchev–Trinajstić information content (AvgIpc) is 2.71. The second kappa shape index (κ2) is 5.03. The van der Waals surface area contributed by atoms with Gasteiger partial charge in [-0.3, -0.25) is 4.90 Å². The number of piperazine rings is 1. The molecule has 3 aliphatic rings. The van der Waals surface area contributed by atoms with Crippen LogP contribution in [-0.4, -0.2) is 61.2 Å². The lowest BCUT2D eigenvalue weighted by molar-refractivity contribution is 0.0443. The van der Waals surface area contributed by atoms with Crippen molar-refractivity contribution in [2.24, 2.45) is 0 Å². The fourth-order valence-corrected chi connectivity index (χ4v) is 3.41. The molecule has 16 heavy (non-hydrogen) atoms. The van der Waals surface area contributed by atoms with Gasteiger partial charge in [0.25, 0.3) is 0 Å². The minimum absolute atomic E-state index is 0.789. The first kappa shape index (κ1) is 11.0. The molecule has 1 N–H and O–H groups in total. The number of rotatable bonds is 3. The maximum absolute atomic E-state index is 3.57. The van der Waals surface area contributed by atoms with E-state index in [2.05, 4.69) is 15.1 Å². The standard InChI is InChI=1S/C13H25N3/c1-2-8-15(7-1)11-13-10-14-6-9-16(13)12-4-3-5-12/h12-14H,1-11H2. The van der Waals surface area contributed by atoms with Gasteiger partial charge in [0.05, 0.1) is 0 Å². The molecule has 2 saturated heterocycles. The molecule has 2 aliphatic heterocycles. The molecule has 92 valence electrons. The van der Waals surface area contributed by atoms with Crippen LogP contribution in [0.3, 0.4) is 0 Å². The molecule has 0 aromatic heterocycles. The van der Waals surface area contributed by atoms with Gasteiger partial charge >= 0.3 is 0 Å². The Morgan fingerprint density at radius 1 is 1.00 bits per heavy atom. The van der Waals surface area contributed by atoms with E-state index in [4.69, 9.17) is 0 Å². The summed E-state index contributed by atoms with van der Waals surface area (Å²) in [7, 11) is 0. The smallest absolute Gasteiger partial charge is 0.0351 e. The zero-order valence-corrected chi connectivity index (χ0v) is 10.3. The molecule has 3 rings (SSSR count). The summed E-state index contributed by atoms with van der Waals surface area (Å²) in [5.41, 5.74) is 0. The molecule has 1 aliphatic carbocycles. The first-order chi connectivity index (χ1) is 7.93. The topological polar surface area (TPSA) is 18.5 Å². The maximum Gasteiger partial charge on any atom is 0.0351 e. The van der Waals surface area contributed by atoms with Crippen LogP contribution in [0.2, 0.25) is 0 Å². The normalized spacial score (nSPS) is 34.1. The molecule has 0 radical (unpaired) electrons. The number of hydrogen-bond acceptors (Lipinski definition) is 3. The molecule has 3 nitrogen and oxygen atoms in total. The van der Waals surface area contributed by atoms with Crippen LogP contribution in [-0.2, 0) is 0 Å². The van der Waals surface area contributed by atoms with Crippen molar-refractivity contribution in [1.29, 1.82) is 0 Å². The first-order valence-electron chi connectivity index (χ1n) is 7.12. The molecule has 0 bridgehead atoms. The van der Waals surface area contributed by atoms with Crippen LogP contribution in [0, 0.1) is 0 Å². The van der Waals surface area contributed by atoms with Gasteiger partial charge in [0, 0.05) is 38.3 Å². The molecule has 0 amide bonds. The lowest BCUT2D eigenvalue weighted by Gasteiger charge is -2.46. The molecular weight excluding hydrogens is 198 g/mol. The summed E-state index contributed by atoms with van der Waals surface area (Å²) in [6.45, 7) is 7.69. The second-order valence-corrected chi connectivity index (χ2v) is 5.69. The molecule has 1 saturated carbocycles. The van der Waals surface area contributed by atoms with E-state index >= 15 is 0 Å². The van der Waals surface area contributed by atoms with E-state index in [0.717, 1.165) is 12.1 Å². The quantitative estimate of drug-likeness (QED) is 0.767. The monoisotopic (exact) mass is 223 g/mol. The minimum Gasteiger partial charge on any atom is -0.314 e. The molecule has 3 heteroatoms. The summed E-state index contributed by atoms with van der Waals surface area (Å²) in [6.07, 6.45) is 7.21. The average molecular weight is 223 g/mol. The summed E-state index contributed by atoms with van der Waals surface area (Å²) in [5.74, 6) is 0. The van der Waals surface area contributed by atoms with Crippen LogP contribution >= 0.6 is 0 Å². The SMILES string of the molecule is C1CC(N2CCNCC2CN2CCCC2)C1. The van der Waals surface area contributed by atoms with Crippen molar-refractivity contribution in [1.82, 2.24) is 15.1 Å². The lowest BCUT2D eigenvalue weighted by atomic mass is 9.89. The highest BCUT2D eigenvalue weighted by molar-refractivity contribution is 4.90. The molecule has 1 atom stereocenters. The van der Waals surface area contributed by atoms with Crippen molar-refractivity contribution in [2.45, 2.75) is 44.2 Å². The Bertz CT molecular complexity index is 221. The van der Waals surface area contributed by atoms with Crippen LogP contribution in [0.4, 0.5) is 0 Å². The van der Waals surface area contributed by atoms with Gasteiger partial charge < -0.3 is 10.2 Å². The largest absolute Gasteiger partial charge is 0.314 e.